The summed E-state index contributed by atoms with van der Waals surface area (Å²) < 4.78 is 37.8. The summed E-state index contributed by atoms with van der Waals surface area (Å²) in [6, 6.07) is 4.21. The standard InChI is InChI=1S/C13H14F3N/c14-13(15,16)10-2-3-11-9(8-10)4-6-12(11)5-1-7-17-12/h2-3,8,17H,1,4-7H2. The number of hydrogen-bond donors (Lipinski definition) is 1. The second-order valence-corrected chi connectivity index (χ2v) is 4.98. The highest BCUT2D eigenvalue weighted by Gasteiger charge is 2.42. The summed E-state index contributed by atoms with van der Waals surface area (Å²) in [5.41, 5.74) is 1.41. The molecule has 1 saturated heterocycles. The summed E-state index contributed by atoms with van der Waals surface area (Å²) in [5.74, 6) is 0. The molecule has 0 radical (unpaired) electrons. The number of hydrogen-bond acceptors (Lipinski definition) is 1. The van der Waals surface area contributed by atoms with Crippen LogP contribution in [0.2, 0.25) is 0 Å². The van der Waals surface area contributed by atoms with Gasteiger partial charge in [0.2, 0.25) is 0 Å². The normalized spacial score (nSPS) is 27.7. The van der Waals surface area contributed by atoms with Gasteiger partial charge in [0.05, 0.1) is 5.56 Å². The molecule has 0 bridgehead atoms. The molecule has 1 spiro atoms. The molecular weight excluding hydrogens is 227 g/mol. The first-order valence-electron chi connectivity index (χ1n) is 5.97. The van der Waals surface area contributed by atoms with Gasteiger partial charge in [0.1, 0.15) is 0 Å². The Morgan fingerprint density at radius 1 is 1.18 bits per heavy atom. The van der Waals surface area contributed by atoms with Gasteiger partial charge in [0.25, 0.3) is 0 Å². The lowest BCUT2D eigenvalue weighted by molar-refractivity contribution is -0.137. The first-order chi connectivity index (χ1) is 8.01. The van der Waals surface area contributed by atoms with Crippen LogP contribution in [-0.4, -0.2) is 6.54 Å². The van der Waals surface area contributed by atoms with Gasteiger partial charge in [0, 0.05) is 5.54 Å². The number of aryl methyl sites for hydroxylation is 1. The minimum Gasteiger partial charge on any atom is -0.307 e. The van der Waals surface area contributed by atoms with E-state index >= 15 is 0 Å². The molecule has 0 saturated carbocycles. The molecule has 3 rings (SSSR count). The smallest absolute Gasteiger partial charge is 0.307 e. The van der Waals surface area contributed by atoms with E-state index in [-0.39, 0.29) is 5.54 Å². The van der Waals surface area contributed by atoms with Gasteiger partial charge in [-0.05, 0) is 55.5 Å². The minimum atomic E-state index is -4.23. The van der Waals surface area contributed by atoms with Gasteiger partial charge >= 0.3 is 6.18 Å². The third-order valence-electron chi connectivity index (χ3n) is 4.01. The Balaban J connectivity index is 2.02. The monoisotopic (exact) mass is 241 g/mol. The molecule has 1 aromatic rings. The van der Waals surface area contributed by atoms with Crippen molar-refractivity contribution in [1.29, 1.82) is 0 Å². The third-order valence-corrected chi connectivity index (χ3v) is 4.01. The molecule has 2 aliphatic rings. The zero-order chi connectivity index (χ0) is 12.1. The molecule has 17 heavy (non-hydrogen) atoms. The van der Waals surface area contributed by atoms with Crippen LogP contribution in [0.4, 0.5) is 13.2 Å². The number of fused-ring (bicyclic) bond motifs is 2. The van der Waals surface area contributed by atoms with Crippen LogP contribution in [-0.2, 0) is 18.1 Å². The van der Waals surface area contributed by atoms with E-state index in [0.29, 0.717) is 0 Å². The van der Waals surface area contributed by atoms with Crippen LogP contribution in [0.15, 0.2) is 18.2 Å². The van der Waals surface area contributed by atoms with Gasteiger partial charge in [-0.15, -0.1) is 0 Å². The quantitative estimate of drug-likeness (QED) is 0.735. The second kappa shape index (κ2) is 3.48. The van der Waals surface area contributed by atoms with Crippen molar-refractivity contribution in [3.8, 4) is 0 Å². The molecule has 1 aliphatic carbocycles. The maximum absolute atomic E-state index is 12.6. The second-order valence-electron chi connectivity index (χ2n) is 4.98. The van der Waals surface area contributed by atoms with Crippen molar-refractivity contribution in [1.82, 2.24) is 5.32 Å². The Morgan fingerprint density at radius 2 is 2.00 bits per heavy atom. The lowest BCUT2D eigenvalue weighted by Gasteiger charge is -2.25. The lowest BCUT2D eigenvalue weighted by atomic mass is 9.90. The number of benzene rings is 1. The fourth-order valence-corrected chi connectivity index (χ4v) is 3.18. The molecule has 1 fully saturated rings. The molecule has 1 aromatic carbocycles. The van der Waals surface area contributed by atoms with E-state index in [1.165, 1.54) is 12.1 Å². The molecule has 1 unspecified atom stereocenters. The summed E-state index contributed by atoms with van der Waals surface area (Å²) in [4.78, 5) is 0. The van der Waals surface area contributed by atoms with Crippen LogP contribution in [0.1, 0.15) is 36.0 Å². The van der Waals surface area contributed by atoms with E-state index in [4.69, 9.17) is 0 Å². The molecule has 92 valence electrons. The van der Waals surface area contributed by atoms with Gasteiger partial charge in [0.15, 0.2) is 0 Å². The number of rotatable bonds is 0. The average molecular weight is 241 g/mol. The van der Waals surface area contributed by atoms with E-state index in [1.807, 2.05) is 0 Å². The van der Waals surface area contributed by atoms with E-state index in [2.05, 4.69) is 5.32 Å². The van der Waals surface area contributed by atoms with Crippen LogP contribution in [0.25, 0.3) is 0 Å². The van der Waals surface area contributed by atoms with Crippen molar-refractivity contribution in [2.45, 2.75) is 37.4 Å². The molecular formula is C13H14F3N. The van der Waals surface area contributed by atoms with Crippen molar-refractivity contribution < 1.29 is 13.2 Å². The molecule has 0 aromatic heterocycles. The fraction of sp³-hybridized carbons (Fsp3) is 0.538. The van der Waals surface area contributed by atoms with E-state index in [1.54, 1.807) is 6.07 Å². The van der Waals surface area contributed by atoms with Gasteiger partial charge in [-0.1, -0.05) is 6.07 Å². The maximum Gasteiger partial charge on any atom is 0.416 e. The molecule has 1 aliphatic heterocycles. The van der Waals surface area contributed by atoms with Crippen molar-refractivity contribution in [3.63, 3.8) is 0 Å². The Bertz CT molecular complexity index is 444. The molecule has 0 amide bonds. The molecule has 4 heteroatoms. The van der Waals surface area contributed by atoms with E-state index in [9.17, 15) is 13.2 Å². The van der Waals surface area contributed by atoms with Gasteiger partial charge in [-0.25, -0.2) is 0 Å². The highest BCUT2D eigenvalue weighted by molar-refractivity contribution is 5.42. The first-order valence-corrected chi connectivity index (χ1v) is 5.97. The summed E-state index contributed by atoms with van der Waals surface area (Å²) in [5, 5.41) is 3.47. The van der Waals surface area contributed by atoms with E-state index in [0.717, 1.165) is 43.4 Å². The molecule has 1 atom stereocenters. The zero-order valence-corrected chi connectivity index (χ0v) is 9.40. The van der Waals surface area contributed by atoms with Crippen LogP contribution >= 0.6 is 0 Å². The fourth-order valence-electron chi connectivity index (χ4n) is 3.18. The highest BCUT2D eigenvalue weighted by atomic mass is 19.4. The van der Waals surface area contributed by atoms with Crippen molar-refractivity contribution in [2.24, 2.45) is 0 Å². The van der Waals surface area contributed by atoms with Gasteiger partial charge in [-0.3, -0.25) is 0 Å². The van der Waals surface area contributed by atoms with E-state index < -0.39 is 11.7 Å². The predicted molar refractivity (Wildman–Crippen MR) is 58.7 cm³/mol. The minimum absolute atomic E-state index is 0.0283. The largest absolute Gasteiger partial charge is 0.416 e. The third kappa shape index (κ3) is 1.66. The summed E-state index contributed by atoms with van der Waals surface area (Å²) in [6.45, 7) is 0.973. The van der Waals surface area contributed by atoms with Crippen molar-refractivity contribution >= 4 is 0 Å². The SMILES string of the molecule is FC(F)(F)c1ccc2c(c1)CCC21CCCN1. The Kier molecular flexibility index (Phi) is 2.27. The van der Waals surface area contributed by atoms with Crippen LogP contribution in [0.5, 0.6) is 0 Å². The lowest BCUT2D eigenvalue weighted by Crippen LogP contribution is -2.34. The number of alkyl halides is 3. The van der Waals surface area contributed by atoms with Crippen molar-refractivity contribution in [2.75, 3.05) is 6.54 Å². The summed E-state index contributed by atoms with van der Waals surface area (Å²) in [7, 11) is 0. The summed E-state index contributed by atoms with van der Waals surface area (Å²) in [6.07, 6.45) is -0.379. The topological polar surface area (TPSA) is 12.0 Å². The Morgan fingerprint density at radius 3 is 2.65 bits per heavy atom. The molecule has 1 heterocycles. The maximum atomic E-state index is 12.6. The zero-order valence-electron chi connectivity index (χ0n) is 9.40. The predicted octanol–water partition coefficient (Wildman–Crippen LogP) is 3.23. The first kappa shape index (κ1) is 11.1. The molecule has 1 nitrogen and oxygen atoms in total. The average Bonchev–Trinajstić information content (AvgIpc) is 2.87. The van der Waals surface area contributed by atoms with Crippen LogP contribution in [0.3, 0.4) is 0 Å². The summed E-state index contributed by atoms with van der Waals surface area (Å²) >= 11 is 0. The highest BCUT2D eigenvalue weighted by Crippen LogP contribution is 2.44. The van der Waals surface area contributed by atoms with Gasteiger partial charge < -0.3 is 5.32 Å². The number of halogens is 3. The van der Waals surface area contributed by atoms with Crippen LogP contribution in [0, 0.1) is 0 Å². The Hall–Kier alpha value is -1.03. The van der Waals surface area contributed by atoms with Crippen molar-refractivity contribution in [3.05, 3.63) is 34.9 Å². The number of nitrogens with one attached hydrogen (secondary N) is 1. The Labute approximate surface area is 98.0 Å². The van der Waals surface area contributed by atoms with Gasteiger partial charge in [-0.2, -0.15) is 13.2 Å². The molecule has 1 N–H and O–H groups in total. The van der Waals surface area contributed by atoms with Crippen LogP contribution < -0.4 is 5.32 Å².